The van der Waals surface area contributed by atoms with E-state index in [0.29, 0.717) is 25.9 Å². The van der Waals surface area contributed by atoms with Gasteiger partial charge in [0.25, 0.3) is 0 Å². The topological polar surface area (TPSA) is 74.7 Å². The van der Waals surface area contributed by atoms with Crippen LogP contribution in [0.4, 0.5) is 4.39 Å². The van der Waals surface area contributed by atoms with Gasteiger partial charge < -0.3 is 10.0 Å². The molecule has 1 aliphatic heterocycles. The molecule has 2 fully saturated rings. The monoisotopic (exact) mass is 443 g/mol. The van der Waals surface area contributed by atoms with Crippen LogP contribution in [0.5, 0.6) is 5.75 Å². The van der Waals surface area contributed by atoms with Crippen molar-refractivity contribution in [2.75, 3.05) is 6.54 Å². The van der Waals surface area contributed by atoms with Crippen LogP contribution in [-0.4, -0.2) is 35.6 Å². The largest absolute Gasteiger partial charge is 0.508 e. The zero-order valence-electron chi connectivity index (χ0n) is 17.3. The summed E-state index contributed by atoms with van der Waals surface area (Å²) < 4.78 is 39.5. The van der Waals surface area contributed by atoms with Gasteiger partial charge in [-0.3, -0.25) is 4.79 Å². The summed E-state index contributed by atoms with van der Waals surface area (Å²) in [6.07, 6.45) is 4.68. The summed E-state index contributed by atoms with van der Waals surface area (Å²) >= 11 is 0. The molecule has 0 saturated heterocycles. The molecular formula is C24H26FNO4S. The minimum Gasteiger partial charge on any atom is -0.508 e. The Balaban J connectivity index is 1.55. The predicted molar refractivity (Wildman–Crippen MR) is 114 cm³/mol. The number of hydrogen-bond donors (Lipinski definition) is 1. The standard InChI is InChI=1S/C24H26FNO4S/c25-18-5-8-20(9-6-18)31(29,30)24(10-2-1-3-11-24)22(28)26-15-17-4-7-19(27)14-21(17)23(16-26)12-13-23/h4-9,14,27H,1-3,10-13,15-16H2. The lowest BCUT2D eigenvalue weighted by atomic mass is 9.83. The van der Waals surface area contributed by atoms with Crippen molar-refractivity contribution < 1.29 is 22.7 Å². The molecule has 1 N–H and O–H groups in total. The Labute approximate surface area is 181 Å². The van der Waals surface area contributed by atoms with Gasteiger partial charge in [0, 0.05) is 18.5 Å². The molecule has 1 heterocycles. The third kappa shape index (κ3) is 3.16. The molecule has 0 aromatic heterocycles. The van der Waals surface area contributed by atoms with Crippen molar-refractivity contribution in [3.8, 4) is 5.75 Å². The van der Waals surface area contributed by atoms with E-state index in [-0.39, 0.29) is 34.8 Å². The zero-order chi connectivity index (χ0) is 21.9. The Kier molecular flexibility index (Phi) is 4.66. The van der Waals surface area contributed by atoms with Gasteiger partial charge in [-0.15, -0.1) is 0 Å². The van der Waals surface area contributed by atoms with Crippen molar-refractivity contribution in [2.24, 2.45) is 0 Å². The molecule has 1 spiro atoms. The quantitative estimate of drug-likeness (QED) is 0.726. The number of rotatable bonds is 3. The molecule has 0 atom stereocenters. The van der Waals surface area contributed by atoms with Crippen molar-refractivity contribution in [1.29, 1.82) is 0 Å². The van der Waals surface area contributed by atoms with E-state index in [9.17, 15) is 22.7 Å². The maximum absolute atomic E-state index is 14.0. The van der Waals surface area contributed by atoms with E-state index in [4.69, 9.17) is 0 Å². The molecule has 5 rings (SSSR count). The van der Waals surface area contributed by atoms with E-state index in [2.05, 4.69) is 0 Å². The first kappa shape index (κ1) is 20.5. The zero-order valence-corrected chi connectivity index (χ0v) is 18.1. The summed E-state index contributed by atoms with van der Waals surface area (Å²) in [6.45, 7) is 0.819. The number of benzene rings is 2. The van der Waals surface area contributed by atoms with Crippen LogP contribution < -0.4 is 0 Å². The number of fused-ring (bicyclic) bond motifs is 2. The molecule has 3 aliphatic rings. The molecule has 7 heteroatoms. The lowest BCUT2D eigenvalue weighted by Crippen LogP contribution is -2.57. The van der Waals surface area contributed by atoms with Gasteiger partial charge in [0.1, 0.15) is 11.6 Å². The highest BCUT2D eigenvalue weighted by Crippen LogP contribution is 2.54. The van der Waals surface area contributed by atoms with Gasteiger partial charge in [-0.25, -0.2) is 12.8 Å². The van der Waals surface area contributed by atoms with Crippen LogP contribution in [-0.2, 0) is 26.6 Å². The Morgan fingerprint density at radius 1 is 0.968 bits per heavy atom. The molecule has 2 aliphatic carbocycles. The summed E-state index contributed by atoms with van der Waals surface area (Å²) in [4.78, 5) is 15.7. The fourth-order valence-corrected chi connectivity index (χ4v) is 7.61. The van der Waals surface area contributed by atoms with Crippen LogP contribution in [0.2, 0.25) is 0 Å². The first-order valence-electron chi connectivity index (χ1n) is 10.9. The van der Waals surface area contributed by atoms with E-state index >= 15 is 0 Å². The van der Waals surface area contributed by atoms with E-state index in [1.165, 1.54) is 12.1 Å². The highest BCUT2D eigenvalue weighted by atomic mass is 32.2. The van der Waals surface area contributed by atoms with Gasteiger partial charge >= 0.3 is 0 Å². The van der Waals surface area contributed by atoms with E-state index in [1.807, 2.05) is 6.07 Å². The van der Waals surface area contributed by atoms with Gasteiger partial charge in [-0.1, -0.05) is 25.3 Å². The van der Waals surface area contributed by atoms with Crippen molar-refractivity contribution >= 4 is 15.7 Å². The molecule has 0 bridgehead atoms. The molecule has 0 radical (unpaired) electrons. The van der Waals surface area contributed by atoms with Crippen molar-refractivity contribution in [1.82, 2.24) is 4.90 Å². The number of amides is 1. The molecule has 31 heavy (non-hydrogen) atoms. The highest BCUT2D eigenvalue weighted by molar-refractivity contribution is 7.93. The fraction of sp³-hybridized carbons (Fsp3) is 0.458. The van der Waals surface area contributed by atoms with Crippen LogP contribution in [0.15, 0.2) is 47.4 Å². The molecule has 2 saturated carbocycles. The maximum atomic E-state index is 14.0. The van der Waals surface area contributed by atoms with Crippen molar-refractivity contribution in [3.63, 3.8) is 0 Å². The second kappa shape index (κ2) is 7.05. The van der Waals surface area contributed by atoms with Crippen LogP contribution in [0.1, 0.15) is 56.1 Å². The third-order valence-electron chi connectivity index (χ3n) is 7.35. The number of phenols is 1. The number of hydrogen-bond acceptors (Lipinski definition) is 4. The summed E-state index contributed by atoms with van der Waals surface area (Å²) in [5.41, 5.74) is 1.87. The number of nitrogens with zero attached hydrogens (tertiary/aromatic N) is 1. The lowest BCUT2D eigenvalue weighted by Gasteiger charge is -2.42. The number of sulfone groups is 1. The Morgan fingerprint density at radius 3 is 2.29 bits per heavy atom. The van der Waals surface area contributed by atoms with Gasteiger partial charge in [0.2, 0.25) is 5.91 Å². The van der Waals surface area contributed by atoms with Gasteiger partial charge in [-0.05, 0) is 73.2 Å². The molecule has 5 nitrogen and oxygen atoms in total. The molecule has 2 aromatic carbocycles. The Hall–Kier alpha value is -2.41. The first-order valence-corrected chi connectivity index (χ1v) is 12.4. The summed E-state index contributed by atoms with van der Waals surface area (Å²) in [7, 11) is -3.99. The van der Waals surface area contributed by atoms with Crippen molar-refractivity contribution in [2.45, 2.75) is 66.5 Å². The average Bonchev–Trinajstić information content (AvgIpc) is 3.54. The van der Waals surface area contributed by atoms with Gasteiger partial charge in [0.15, 0.2) is 14.6 Å². The van der Waals surface area contributed by atoms with Gasteiger partial charge in [-0.2, -0.15) is 0 Å². The molecule has 164 valence electrons. The summed E-state index contributed by atoms with van der Waals surface area (Å²) in [5, 5.41) is 9.93. The SMILES string of the molecule is O=C(N1Cc2ccc(O)cc2C2(CC2)C1)C1(S(=O)(=O)c2ccc(F)cc2)CCCCC1. The second-order valence-electron chi connectivity index (χ2n) is 9.30. The first-order chi connectivity index (χ1) is 14.8. The average molecular weight is 444 g/mol. The van der Waals surface area contributed by atoms with Crippen LogP contribution in [0.25, 0.3) is 0 Å². The van der Waals surface area contributed by atoms with E-state index in [1.54, 1.807) is 17.0 Å². The predicted octanol–water partition coefficient (Wildman–Crippen LogP) is 4.08. The highest BCUT2D eigenvalue weighted by Gasteiger charge is 2.57. The maximum Gasteiger partial charge on any atom is 0.244 e. The molecule has 2 aromatic rings. The molecule has 1 amide bonds. The third-order valence-corrected chi connectivity index (χ3v) is 9.85. The normalized spacial score (nSPS) is 21.5. The minimum atomic E-state index is -3.99. The molecular weight excluding hydrogens is 417 g/mol. The van der Waals surface area contributed by atoms with Crippen LogP contribution in [0.3, 0.4) is 0 Å². The Morgan fingerprint density at radius 2 is 1.65 bits per heavy atom. The second-order valence-corrected chi connectivity index (χ2v) is 11.6. The Bertz CT molecular complexity index is 1130. The number of carbonyl (C=O) groups is 1. The van der Waals surface area contributed by atoms with Crippen LogP contribution >= 0.6 is 0 Å². The number of halogens is 1. The summed E-state index contributed by atoms with van der Waals surface area (Å²) in [5.74, 6) is -0.622. The number of aromatic hydroxyl groups is 1. The van der Waals surface area contributed by atoms with E-state index < -0.39 is 20.4 Å². The molecule has 0 unspecified atom stereocenters. The van der Waals surface area contributed by atoms with Crippen molar-refractivity contribution in [3.05, 3.63) is 59.4 Å². The smallest absolute Gasteiger partial charge is 0.244 e. The van der Waals surface area contributed by atoms with Gasteiger partial charge in [0.05, 0.1) is 4.90 Å². The number of phenolic OH excluding ortho intramolecular Hbond substituents is 1. The number of carbonyl (C=O) groups excluding carboxylic acids is 1. The fourth-order valence-electron chi connectivity index (χ4n) is 5.48. The van der Waals surface area contributed by atoms with Crippen LogP contribution in [0, 0.1) is 5.82 Å². The lowest BCUT2D eigenvalue weighted by molar-refractivity contribution is -0.136. The van der Waals surface area contributed by atoms with E-state index in [0.717, 1.165) is 42.5 Å². The summed E-state index contributed by atoms with van der Waals surface area (Å²) in [6, 6.07) is 10.1. The minimum absolute atomic E-state index is 0.00705.